The molecule has 0 unspecified atom stereocenters. The number of para-hydroxylation sites is 1. The molecule has 0 aliphatic carbocycles. The zero-order valence-corrected chi connectivity index (χ0v) is 16.2. The number of aromatic nitrogens is 1. The van der Waals surface area contributed by atoms with E-state index in [9.17, 15) is 14.0 Å². The third-order valence-corrected chi connectivity index (χ3v) is 4.53. The van der Waals surface area contributed by atoms with Gasteiger partial charge in [0.15, 0.2) is 11.7 Å². The van der Waals surface area contributed by atoms with Gasteiger partial charge in [0, 0.05) is 22.6 Å². The third kappa shape index (κ3) is 5.73. The molecule has 0 atom stereocenters. The molecule has 3 rings (SSSR count). The number of methoxy groups -OCH3 is 1. The van der Waals surface area contributed by atoms with Crippen LogP contribution in [0.5, 0.6) is 5.75 Å². The minimum Gasteiger partial charge on any atom is -0.496 e. The van der Waals surface area contributed by atoms with Crippen LogP contribution in [0.15, 0.2) is 60.0 Å². The van der Waals surface area contributed by atoms with Gasteiger partial charge in [-0.1, -0.05) is 18.2 Å². The van der Waals surface area contributed by atoms with Gasteiger partial charge in [-0.2, -0.15) is 0 Å². The molecule has 0 spiro atoms. The number of thiazole rings is 1. The summed E-state index contributed by atoms with van der Waals surface area (Å²) in [6.45, 7) is -0.444. The van der Waals surface area contributed by atoms with Gasteiger partial charge < -0.3 is 9.47 Å². The summed E-state index contributed by atoms with van der Waals surface area (Å²) in [6.07, 6.45) is 2.77. The largest absolute Gasteiger partial charge is 0.496 e. The summed E-state index contributed by atoms with van der Waals surface area (Å²) in [4.78, 5) is 28.1. The number of hydrogen-bond donors (Lipinski definition) is 1. The van der Waals surface area contributed by atoms with Crippen LogP contribution in [-0.2, 0) is 14.3 Å². The summed E-state index contributed by atoms with van der Waals surface area (Å²) in [5, 5.41) is 4.66. The van der Waals surface area contributed by atoms with E-state index in [-0.39, 0.29) is 5.82 Å². The molecule has 0 aliphatic heterocycles. The van der Waals surface area contributed by atoms with Gasteiger partial charge in [0.05, 0.1) is 12.8 Å². The maximum Gasteiger partial charge on any atom is 0.331 e. The van der Waals surface area contributed by atoms with Crippen molar-refractivity contribution < 1.29 is 23.5 Å². The number of esters is 1. The molecule has 0 bridgehead atoms. The van der Waals surface area contributed by atoms with Crippen LogP contribution in [0, 0.1) is 5.82 Å². The van der Waals surface area contributed by atoms with E-state index in [2.05, 4.69) is 10.3 Å². The molecule has 1 aromatic heterocycles. The molecule has 0 radical (unpaired) electrons. The van der Waals surface area contributed by atoms with Gasteiger partial charge in [-0.05, 0) is 36.4 Å². The molecular weight excluding hydrogens is 395 g/mol. The quantitative estimate of drug-likeness (QED) is 0.466. The van der Waals surface area contributed by atoms with E-state index >= 15 is 0 Å². The van der Waals surface area contributed by atoms with E-state index in [1.54, 1.807) is 35.7 Å². The van der Waals surface area contributed by atoms with Crippen molar-refractivity contribution in [2.45, 2.75) is 0 Å². The van der Waals surface area contributed by atoms with Crippen molar-refractivity contribution in [2.24, 2.45) is 0 Å². The lowest BCUT2D eigenvalue weighted by atomic mass is 10.2. The van der Waals surface area contributed by atoms with Gasteiger partial charge in [0.25, 0.3) is 5.91 Å². The lowest BCUT2D eigenvalue weighted by Crippen LogP contribution is -2.20. The first-order valence-corrected chi connectivity index (χ1v) is 9.42. The van der Waals surface area contributed by atoms with Crippen molar-refractivity contribution in [3.8, 4) is 17.0 Å². The van der Waals surface area contributed by atoms with Gasteiger partial charge in [-0.25, -0.2) is 14.2 Å². The Morgan fingerprint density at radius 2 is 1.93 bits per heavy atom. The Kier molecular flexibility index (Phi) is 6.70. The van der Waals surface area contributed by atoms with Crippen molar-refractivity contribution in [3.05, 3.63) is 71.4 Å². The smallest absolute Gasteiger partial charge is 0.331 e. The second-order valence-corrected chi connectivity index (χ2v) is 6.63. The van der Waals surface area contributed by atoms with Crippen LogP contribution in [0.2, 0.25) is 0 Å². The maximum atomic E-state index is 13.0. The van der Waals surface area contributed by atoms with E-state index in [4.69, 9.17) is 9.47 Å². The highest BCUT2D eigenvalue weighted by molar-refractivity contribution is 7.14. The molecule has 0 saturated carbocycles. The zero-order valence-electron chi connectivity index (χ0n) is 15.4. The van der Waals surface area contributed by atoms with Gasteiger partial charge in [-0.15, -0.1) is 11.3 Å². The number of ether oxygens (including phenoxy) is 2. The summed E-state index contributed by atoms with van der Waals surface area (Å²) < 4.78 is 23.1. The molecule has 148 valence electrons. The summed E-state index contributed by atoms with van der Waals surface area (Å²) in [6, 6.07) is 13.1. The van der Waals surface area contributed by atoms with Crippen LogP contribution in [0.4, 0.5) is 9.52 Å². The molecule has 1 amide bonds. The Bertz CT molecular complexity index is 1030. The number of nitrogens with zero attached hydrogens (tertiary/aromatic N) is 1. The first-order chi connectivity index (χ1) is 14.0. The molecule has 0 fully saturated rings. The van der Waals surface area contributed by atoms with E-state index in [0.29, 0.717) is 22.1 Å². The van der Waals surface area contributed by atoms with Gasteiger partial charge in [-0.3, -0.25) is 10.1 Å². The molecule has 1 heterocycles. The second-order valence-electron chi connectivity index (χ2n) is 5.78. The van der Waals surface area contributed by atoms with Gasteiger partial charge in [0.2, 0.25) is 0 Å². The van der Waals surface area contributed by atoms with Crippen molar-refractivity contribution in [1.29, 1.82) is 0 Å². The molecule has 1 N–H and O–H groups in total. The first kappa shape index (κ1) is 20.2. The maximum absolute atomic E-state index is 13.0. The lowest BCUT2D eigenvalue weighted by molar-refractivity contribution is -0.142. The minimum atomic E-state index is -0.655. The van der Waals surface area contributed by atoms with Gasteiger partial charge >= 0.3 is 5.97 Å². The molecule has 6 nitrogen and oxygen atoms in total. The number of carbonyl (C=O) groups excluding carboxylic acids is 2. The van der Waals surface area contributed by atoms with Crippen LogP contribution >= 0.6 is 11.3 Å². The molecule has 3 aromatic rings. The molecule has 0 saturated heterocycles. The predicted molar refractivity (Wildman–Crippen MR) is 109 cm³/mol. The van der Waals surface area contributed by atoms with Crippen molar-refractivity contribution >= 4 is 34.4 Å². The number of benzene rings is 2. The fourth-order valence-corrected chi connectivity index (χ4v) is 3.12. The highest BCUT2D eigenvalue weighted by Crippen LogP contribution is 2.25. The van der Waals surface area contributed by atoms with E-state index < -0.39 is 18.5 Å². The number of anilines is 1. The molecule has 2 aromatic carbocycles. The predicted octanol–water partition coefficient (Wildman–Crippen LogP) is 4.15. The number of carbonyl (C=O) groups is 2. The second kappa shape index (κ2) is 9.61. The highest BCUT2D eigenvalue weighted by Gasteiger charge is 2.10. The van der Waals surface area contributed by atoms with Gasteiger partial charge in [0.1, 0.15) is 11.6 Å². The zero-order chi connectivity index (χ0) is 20.6. The van der Waals surface area contributed by atoms with Crippen molar-refractivity contribution in [2.75, 3.05) is 19.0 Å². The Morgan fingerprint density at radius 3 is 2.69 bits per heavy atom. The minimum absolute atomic E-state index is 0.334. The number of nitrogens with one attached hydrogen (secondary N) is 1. The molecule has 0 aliphatic rings. The number of halogens is 1. The first-order valence-electron chi connectivity index (χ1n) is 8.54. The van der Waals surface area contributed by atoms with Crippen LogP contribution < -0.4 is 10.1 Å². The van der Waals surface area contributed by atoms with E-state index in [1.165, 1.54) is 36.7 Å². The van der Waals surface area contributed by atoms with Crippen molar-refractivity contribution in [1.82, 2.24) is 4.98 Å². The Balaban J connectivity index is 1.50. The van der Waals surface area contributed by atoms with E-state index in [1.807, 2.05) is 12.1 Å². The van der Waals surface area contributed by atoms with Crippen LogP contribution in [-0.4, -0.2) is 30.6 Å². The molecular formula is C21H17FN2O4S. The number of rotatable bonds is 7. The fourth-order valence-electron chi connectivity index (χ4n) is 2.39. The summed E-state index contributed by atoms with van der Waals surface area (Å²) in [5.41, 5.74) is 2.06. The summed E-state index contributed by atoms with van der Waals surface area (Å²) in [7, 11) is 1.54. The third-order valence-electron chi connectivity index (χ3n) is 3.77. The fraction of sp³-hybridized carbons (Fsp3) is 0.0952. The van der Waals surface area contributed by atoms with E-state index in [0.717, 1.165) is 5.56 Å². The number of hydrogen-bond acceptors (Lipinski definition) is 6. The number of amides is 1. The lowest BCUT2D eigenvalue weighted by Gasteiger charge is -2.04. The normalized spacial score (nSPS) is 10.7. The Hall–Kier alpha value is -3.52. The SMILES string of the molecule is COc1ccccc1/C=C/C(=O)OCC(=O)Nc1nc(-c2ccc(F)cc2)cs1. The van der Waals surface area contributed by atoms with Crippen LogP contribution in [0.25, 0.3) is 17.3 Å². The van der Waals surface area contributed by atoms with Crippen LogP contribution in [0.1, 0.15) is 5.56 Å². The summed E-state index contributed by atoms with van der Waals surface area (Å²) >= 11 is 1.22. The highest BCUT2D eigenvalue weighted by atomic mass is 32.1. The molecule has 8 heteroatoms. The van der Waals surface area contributed by atoms with Crippen LogP contribution in [0.3, 0.4) is 0 Å². The standard InChI is InChI=1S/C21H17FN2O4S/c1-27-18-5-3-2-4-15(18)8-11-20(26)28-12-19(25)24-21-23-17(13-29-21)14-6-9-16(22)10-7-14/h2-11,13H,12H2,1H3,(H,23,24,25)/b11-8+. The summed E-state index contributed by atoms with van der Waals surface area (Å²) in [5.74, 6) is -0.879. The monoisotopic (exact) mass is 412 g/mol. The van der Waals surface area contributed by atoms with Crippen molar-refractivity contribution in [3.63, 3.8) is 0 Å². The Morgan fingerprint density at radius 1 is 1.17 bits per heavy atom. The topological polar surface area (TPSA) is 77.5 Å². The molecule has 29 heavy (non-hydrogen) atoms. The Labute approximate surface area is 170 Å². The average Bonchev–Trinajstić information content (AvgIpc) is 3.19. The average molecular weight is 412 g/mol.